The second-order valence-electron chi connectivity index (χ2n) is 5.03. The minimum Gasteiger partial charge on any atom is -0.493 e. The highest BCUT2D eigenvalue weighted by molar-refractivity contribution is 6.30. The van der Waals surface area contributed by atoms with Crippen molar-refractivity contribution in [1.82, 2.24) is 10.2 Å². The molecule has 1 fully saturated rings. The maximum absolute atomic E-state index is 6.19. The zero-order valence-corrected chi connectivity index (χ0v) is 12.5. The van der Waals surface area contributed by atoms with E-state index in [0.717, 1.165) is 56.5 Å². The van der Waals surface area contributed by atoms with Gasteiger partial charge in [0.1, 0.15) is 5.75 Å². The molecule has 0 saturated carbocycles. The third-order valence-electron chi connectivity index (χ3n) is 3.65. The summed E-state index contributed by atoms with van der Waals surface area (Å²) in [5.74, 6) is 1.08. The van der Waals surface area contributed by atoms with Crippen molar-refractivity contribution in [1.29, 1.82) is 0 Å². The SMILES string of the molecule is Cl.Clc1cc2c(c(CN3CCCNCC3)c1)OCC2. The molecule has 0 aliphatic carbocycles. The van der Waals surface area contributed by atoms with Crippen LogP contribution in [0.25, 0.3) is 0 Å². The molecule has 3 rings (SSSR count). The average molecular weight is 303 g/mol. The lowest BCUT2D eigenvalue weighted by Gasteiger charge is -2.21. The lowest BCUT2D eigenvalue weighted by molar-refractivity contribution is 0.276. The number of ether oxygens (including phenoxy) is 1. The number of rotatable bonds is 2. The first-order chi connectivity index (χ1) is 8.83. The highest BCUT2D eigenvalue weighted by atomic mass is 35.5. The summed E-state index contributed by atoms with van der Waals surface area (Å²) < 4.78 is 5.76. The van der Waals surface area contributed by atoms with E-state index < -0.39 is 0 Å². The molecular formula is C14H20Cl2N2O. The molecule has 0 bridgehead atoms. The summed E-state index contributed by atoms with van der Waals surface area (Å²) in [6, 6.07) is 4.10. The molecule has 1 N–H and O–H groups in total. The summed E-state index contributed by atoms with van der Waals surface area (Å²) in [7, 11) is 0. The first kappa shape index (κ1) is 14.9. The number of fused-ring (bicyclic) bond motifs is 1. The van der Waals surface area contributed by atoms with Gasteiger partial charge in [-0.2, -0.15) is 0 Å². The van der Waals surface area contributed by atoms with Gasteiger partial charge in [0.05, 0.1) is 6.61 Å². The highest BCUT2D eigenvalue weighted by Gasteiger charge is 2.19. The van der Waals surface area contributed by atoms with Gasteiger partial charge in [-0.05, 0) is 37.2 Å². The number of benzene rings is 1. The van der Waals surface area contributed by atoms with Gasteiger partial charge in [-0.1, -0.05) is 11.6 Å². The molecule has 2 heterocycles. The van der Waals surface area contributed by atoms with E-state index in [9.17, 15) is 0 Å². The van der Waals surface area contributed by atoms with Crippen LogP contribution in [0.4, 0.5) is 0 Å². The molecule has 1 saturated heterocycles. The second-order valence-corrected chi connectivity index (χ2v) is 5.47. The van der Waals surface area contributed by atoms with E-state index in [2.05, 4.69) is 16.3 Å². The molecule has 0 amide bonds. The van der Waals surface area contributed by atoms with Crippen LogP contribution in [-0.2, 0) is 13.0 Å². The third kappa shape index (κ3) is 3.54. The van der Waals surface area contributed by atoms with Gasteiger partial charge < -0.3 is 10.1 Å². The monoisotopic (exact) mass is 302 g/mol. The largest absolute Gasteiger partial charge is 0.493 e. The molecule has 0 atom stereocenters. The van der Waals surface area contributed by atoms with Crippen LogP contribution in [0.5, 0.6) is 5.75 Å². The van der Waals surface area contributed by atoms with Crippen LogP contribution >= 0.6 is 24.0 Å². The second kappa shape index (κ2) is 6.80. The van der Waals surface area contributed by atoms with Crippen molar-refractivity contribution in [2.45, 2.75) is 19.4 Å². The first-order valence-electron chi connectivity index (χ1n) is 6.70. The Labute approximate surface area is 125 Å². The predicted molar refractivity (Wildman–Crippen MR) is 80.7 cm³/mol. The fraction of sp³-hybridized carbons (Fsp3) is 0.571. The van der Waals surface area contributed by atoms with Gasteiger partial charge in [0, 0.05) is 36.6 Å². The Bertz CT molecular complexity index is 432. The Morgan fingerprint density at radius 1 is 1.26 bits per heavy atom. The van der Waals surface area contributed by atoms with Crippen molar-refractivity contribution in [3.8, 4) is 5.75 Å². The lowest BCUT2D eigenvalue weighted by atomic mass is 10.1. The zero-order chi connectivity index (χ0) is 12.4. The Morgan fingerprint density at radius 3 is 3.05 bits per heavy atom. The van der Waals surface area contributed by atoms with Crippen LogP contribution in [0.1, 0.15) is 17.5 Å². The number of nitrogens with one attached hydrogen (secondary N) is 1. The number of hydrogen-bond acceptors (Lipinski definition) is 3. The smallest absolute Gasteiger partial charge is 0.127 e. The molecular weight excluding hydrogens is 283 g/mol. The molecule has 1 aromatic rings. The number of nitrogens with zero attached hydrogens (tertiary/aromatic N) is 1. The van der Waals surface area contributed by atoms with E-state index in [-0.39, 0.29) is 12.4 Å². The molecule has 5 heteroatoms. The van der Waals surface area contributed by atoms with Crippen molar-refractivity contribution >= 4 is 24.0 Å². The van der Waals surface area contributed by atoms with Gasteiger partial charge >= 0.3 is 0 Å². The molecule has 2 aliphatic rings. The Hall–Kier alpha value is -0.480. The van der Waals surface area contributed by atoms with Crippen LogP contribution in [0.3, 0.4) is 0 Å². The first-order valence-corrected chi connectivity index (χ1v) is 7.08. The van der Waals surface area contributed by atoms with E-state index in [4.69, 9.17) is 16.3 Å². The molecule has 3 nitrogen and oxygen atoms in total. The van der Waals surface area contributed by atoms with Gasteiger partial charge in [0.2, 0.25) is 0 Å². The highest BCUT2D eigenvalue weighted by Crippen LogP contribution is 2.33. The van der Waals surface area contributed by atoms with Gasteiger partial charge in [-0.15, -0.1) is 12.4 Å². The summed E-state index contributed by atoms with van der Waals surface area (Å²) >= 11 is 6.19. The van der Waals surface area contributed by atoms with Crippen LogP contribution < -0.4 is 10.1 Å². The molecule has 2 aliphatic heterocycles. The summed E-state index contributed by atoms with van der Waals surface area (Å²) in [5.41, 5.74) is 2.52. The minimum atomic E-state index is 0. The zero-order valence-electron chi connectivity index (χ0n) is 11.0. The summed E-state index contributed by atoms with van der Waals surface area (Å²) in [4.78, 5) is 2.48. The maximum Gasteiger partial charge on any atom is 0.127 e. The fourth-order valence-corrected chi connectivity index (χ4v) is 3.03. The van der Waals surface area contributed by atoms with E-state index in [1.54, 1.807) is 0 Å². The van der Waals surface area contributed by atoms with Crippen LogP contribution in [0.15, 0.2) is 12.1 Å². The predicted octanol–water partition coefficient (Wildman–Crippen LogP) is 2.49. The summed E-state index contributed by atoms with van der Waals surface area (Å²) in [6.07, 6.45) is 2.20. The van der Waals surface area contributed by atoms with Gasteiger partial charge in [-0.25, -0.2) is 0 Å². The Morgan fingerprint density at radius 2 is 2.16 bits per heavy atom. The average Bonchev–Trinajstić information content (AvgIpc) is 2.66. The quantitative estimate of drug-likeness (QED) is 0.908. The molecule has 106 valence electrons. The van der Waals surface area contributed by atoms with E-state index in [1.165, 1.54) is 17.5 Å². The number of hydrogen-bond donors (Lipinski definition) is 1. The summed E-state index contributed by atoms with van der Waals surface area (Å²) in [6.45, 7) is 6.19. The van der Waals surface area contributed by atoms with Crippen LogP contribution in [0, 0.1) is 0 Å². The van der Waals surface area contributed by atoms with Crippen molar-refractivity contribution in [2.24, 2.45) is 0 Å². The van der Waals surface area contributed by atoms with Crippen molar-refractivity contribution < 1.29 is 4.74 Å². The molecule has 0 spiro atoms. The third-order valence-corrected chi connectivity index (χ3v) is 3.87. The fourth-order valence-electron chi connectivity index (χ4n) is 2.76. The van der Waals surface area contributed by atoms with E-state index in [1.807, 2.05) is 6.07 Å². The molecule has 0 aromatic heterocycles. The molecule has 0 radical (unpaired) electrons. The van der Waals surface area contributed by atoms with Crippen LogP contribution in [-0.4, -0.2) is 37.7 Å². The Kier molecular flexibility index (Phi) is 5.34. The standard InChI is InChI=1S/C14H19ClN2O.ClH/c15-13-8-11-2-7-18-14(11)12(9-13)10-17-5-1-3-16-4-6-17;/h8-9,16H,1-7,10H2;1H. The van der Waals surface area contributed by atoms with Crippen molar-refractivity contribution in [3.05, 3.63) is 28.3 Å². The summed E-state index contributed by atoms with van der Waals surface area (Å²) in [5, 5.41) is 4.26. The van der Waals surface area contributed by atoms with E-state index in [0.29, 0.717) is 0 Å². The van der Waals surface area contributed by atoms with Gasteiger partial charge in [-0.3, -0.25) is 4.90 Å². The van der Waals surface area contributed by atoms with Gasteiger partial charge in [0.15, 0.2) is 0 Å². The van der Waals surface area contributed by atoms with Crippen LogP contribution in [0.2, 0.25) is 5.02 Å². The minimum absolute atomic E-state index is 0. The van der Waals surface area contributed by atoms with Gasteiger partial charge in [0.25, 0.3) is 0 Å². The maximum atomic E-state index is 6.19. The van der Waals surface area contributed by atoms with Crippen molar-refractivity contribution in [3.63, 3.8) is 0 Å². The topological polar surface area (TPSA) is 24.5 Å². The lowest BCUT2D eigenvalue weighted by Crippen LogP contribution is -2.27. The normalized spacial score (nSPS) is 19.2. The van der Waals surface area contributed by atoms with Crippen molar-refractivity contribution in [2.75, 3.05) is 32.8 Å². The van der Waals surface area contributed by atoms with E-state index >= 15 is 0 Å². The molecule has 0 unspecified atom stereocenters. The molecule has 19 heavy (non-hydrogen) atoms. The molecule has 1 aromatic carbocycles. The Balaban J connectivity index is 0.00000133. The number of halogens is 2.